The number of nitrogens with two attached hydrogens (primary N) is 3. The molecule has 15 heteroatoms. The van der Waals surface area contributed by atoms with Crippen LogP contribution in [0.3, 0.4) is 0 Å². The highest BCUT2D eigenvalue weighted by molar-refractivity contribution is 7.98. The number of nitrogens with one attached hydrogen (secondary N) is 3. The van der Waals surface area contributed by atoms with Gasteiger partial charge >= 0.3 is 11.9 Å². The molecule has 11 N–H and O–H groups in total. The summed E-state index contributed by atoms with van der Waals surface area (Å²) in [5, 5.41) is 26.2. The van der Waals surface area contributed by atoms with E-state index in [0.717, 1.165) is 0 Å². The number of aliphatic carboxylic acids is 2. The number of benzene rings is 1. The van der Waals surface area contributed by atoms with Gasteiger partial charge in [-0.25, -0.2) is 4.79 Å². The largest absolute Gasteiger partial charge is 0.481 e. The van der Waals surface area contributed by atoms with Crippen molar-refractivity contribution in [2.45, 2.75) is 62.7 Å². The number of carbonyl (C=O) groups is 5. The van der Waals surface area contributed by atoms with E-state index in [-0.39, 0.29) is 38.2 Å². The Balaban J connectivity index is 3.10. The topological polar surface area (TPSA) is 252 Å². The Morgan fingerprint density at radius 2 is 1.48 bits per heavy atom. The fraction of sp³-hybridized carbons (Fsp3) is 0.520. The Bertz CT molecular complexity index is 1020. The van der Waals surface area contributed by atoms with Gasteiger partial charge in [-0.3, -0.25) is 24.2 Å². The van der Waals surface area contributed by atoms with Gasteiger partial charge in [0.05, 0.1) is 6.04 Å². The van der Waals surface area contributed by atoms with E-state index in [1.165, 1.54) is 11.8 Å². The third-order valence-electron chi connectivity index (χ3n) is 5.73. The molecule has 0 saturated carbocycles. The van der Waals surface area contributed by atoms with Gasteiger partial charge in [-0.05, 0) is 43.3 Å². The smallest absolute Gasteiger partial charge is 0.326 e. The molecule has 0 fully saturated rings. The zero-order valence-electron chi connectivity index (χ0n) is 22.4. The zero-order valence-corrected chi connectivity index (χ0v) is 23.2. The molecule has 0 aromatic heterocycles. The summed E-state index contributed by atoms with van der Waals surface area (Å²) >= 11 is 1.49. The van der Waals surface area contributed by atoms with Crippen LogP contribution < -0.4 is 33.2 Å². The molecule has 4 unspecified atom stereocenters. The number of hydrogen-bond acceptors (Lipinski definition) is 8. The molecule has 3 amide bonds. The summed E-state index contributed by atoms with van der Waals surface area (Å²) in [5.74, 6) is -4.20. The number of aliphatic imine (C=N–C) groups is 1. The molecule has 0 radical (unpaired) electrons. The highest BCUT2D eigenvalue weighted by atomic mass is 32.2. The van der Waals surface area contributed by atoms with Gasteiger partial charge in [-0.1, -0.05) is 30.3 Å². The maximum absolute atomic E-state index is 13.2. The van der Waals surface area contributed by atoms with Crippen molar-refractivity contribution >= 4 is 47.4 Å². The second-order valence-corrected chi connectivity index (χ2v) is 9.97. The number of nitrogens with zero attached hydrogens (tertiary/aromatic N) is 1. The van der Waals surface area contributed by atoms with E-state index in [1.54, 1.807) is 30.3 Å². The Hall–Kier alpha value is -3.85. The van der Waals surface area contributed by atoms with Crippen LogP contribution in [0.25, 0.3) is 0 Å². The summed E-state index contributed by atoms with van der Waals surface area (Å²) in [6.45, 7) is 0.163. The fourth-order valence-corrected chi connectivity index (χ4v) is 4.05. The number of amides is 3. The number of carboxylic acids is 2. The van der Waals surface area contributed by atoms with Crippen molar-refractivity contribution in [2.24, 2.45) is 22.2 Å². The first-order chi connectivity index (χ1) is 18.9. The van der Waals surface area contributed by atoms with E-state index in [0.29, 0.717) is 17.7 Å². The first-order valence-electron chi connectivity index (χ1n) is 12.6. The van der Waals surface area contributed by atoms with E-state index in [2.05, 4.69) is 20.9 Å². The van der Waals surface area contributed by atoms with Gasteiger partial charge in [0.15, 0.2) is 5.96 Å². The lowest BCUT2D eigenvalue weighted by Crippen LogP contribution is -2.57. The average Bonchev–Trinajstić information content (AvgIpc) is 2.90. The number of guanidine groups is 1. The van der Waals surface area contributed by atoms with Crippen molar-refractivity contribution in [1.82, 2.24) is 16.0 Å². The van der Waals surface area contributed by atoms with E-state index < -0.39 is 60.2 Å². The minimum Gasteiger partial charge on any atom is -0.481 e. The van der Waals surface area contributed by atoms with Crippen LogP contribution in [0.15, 0.2) is 35.3 Å². The number of carbonyl (C=O) groups excluding carboxylic acids is 3. The summed E-state index contributed by atoms with van der Waals surface area (Å²) < 4.78 is 0. The molecule has 0 bridgehead atoms. The van der Waals surface area contributed by atoms with Gasteiger partial charge in [0.2, 0.25) is 17.7 Å². The van der Waals surface area contributed by atoms with E-state index >= 15 is 0 Å². The molecule has 0 saturated heterocycles. The predicted molar refractivity (Wildman–Crippen MR) is 151 cm³/mol. The van der Waals surface area contributed by atoms with Gasteiger partial charge < -0.3 is 43.4 Å². The highest BCUT2D eigenvalue weighted by Gasteiger charge is 2.30. The summed E-state index contributed by atoms with van der Waals surface area (Å²) in [5.41, 5.74) is 17.1. The normalized spacial score (nSPS) is 13.7. The number of thioether (sulfide) groups is 1. The van der Waals surface area contributed by atoms with E-state index in [1.807, 2.05) is 6.26 Å². The van der Waals surface area contributed by atoms with Crippen molar-refractivity contribution in [1.29, 1.82) is 0 Å². The van der Waals surface area contributed by atoms with Gasteiger partial charge in [0, 0.05) is 19.4 Å². The van der Waals surface area contributed by atoms with Crippen molar-refractivity contribution in [3.05, 3.63) is 35.9 Å². The summed E-state index contributed by atoms with van der Waals surface area (Å²) in [6.07, 6.45) is 1.82. The Morgan fingerprint density at radius 1 is 0.875 bits per heavy atom. The number of hydrogen-bond donors (Lipinski definition) is 8. The SMILES string of the molecule is CSCCC(N)C(=O)NC(CCC(=O)O)C(=O)NC(Cc1ccccc1)C(=O)NC(CCCN=C(N)N)C(=O)O. The molecule has 0 aliphatic carbocycles. The monoisotopic (exact) mass is 581 g/mol. The second kappa shape index (κ2) is 18.4. The molecule has 14 nitrogen and oxygen atoms in total. The lowest BCUT2D eigenvalue weighted by molar-refractivity contribution is -0.142. The van der Waals surface area contributed by atoms with Crippen LogP contribution in [0.2, 0.25) is 0 Å². The van der Waals surface area contributed by atoms with Crippen LogP contribution in [0.4, 0.5) is 0 Å². The minimum absolute atomic E-state index is 0.00554. The molecule has 1 aromatic rings. The fourth-order valence-electron chi connectivity index (χ4n) is 3.56. The molecule has 4 atom stereocenters. The van der Waals surface area contributed by atoms with Crippen LogP contribution in [0.5, 0.6) is 0 Å². The average molecular weight is 582 g/mol. The van der Waals surface area contributed by atoms with Gasteiger partial charge in [0.1, 0.15) is 18.1 Å². The van der Waals surface area contributed by atoms with Gasteiger partial charge in [0.25, 0.3) is 0 Å². The van der Waals surface area contributed by atoms with Crippen LogP contribution in [0.1, 0.15) is 37.7 Å². The quantitative estimate of drug-likeness (QED) is 0.0545. The minimum atomic E-state index is -1.29. The van der Waals surface area contributed by atoms with Crippen LogP contribution >= 0.6 is 11.8 Å². The van der Waals surface area contributed by atoms with Crippen LogP contribution in [-0.4, -0.2) is 88.6 Å². The Morgan fingerprint density at radius 3 is 2.05 bits per heavy atom. The molecule has 0 heterocycles. The molecule has 40 heavy (non-hydrogen) atoms. The second-order valence-electron chi connectivity index (χ2n) is 8.98. The maximum atomic E-state index is 13.2. The first-order valence-corrected chi connectivity index (χ1v) is 14.0. The maximum Gasteiger partial charge on any atom is 0.326 e. The molecule has 1 rings (SSSR count). The molecule has 0 aliphatic rings. The van der Waals surface area contributed by atoms with Gasteiger partial charge in [-0.15, -0.1) is 0 Å². The van der Waals surface area contributed by atoms with Crippen LogP contribution in [0, 0.1) is 0 Å². The third-order valence-corrected chi connectivity index (χ3v) is 6.37. The predicted octanol–water partition coefficient (Wildman–Crippen LogP) is -1.23. The van der Waals surface area contributed by atoms with Crippen molar-refractivity contribution in [3.63, 3.8) is 0 Å². The molecular formula is C25H39N7O7S. The molecule has 0 spiro atoms. The van der Waals surface area contributed by atoms with E-state index in [9.17, 15) is 29.1 Å². The van der Waals surface area contributed by atoms with Crippen LogP contribution in [-0.2, 0) is 30.4 Å². The molecule has 1 aromatic carbocycles. The summed E-state index contributed by atoms with van der Waals surface area (Å²) in [4.78, 5) is 65.8. The summed E-state index contributed by atoms with van der Waals surface area (Å²) in [6, 6.07) is 3.99. The van der Waals surface area contributed by atoms with Crippen molar-refractivity contribution < 1.29 is 34.2 Å². The molecule has 0 aliphatic heterocycles. The first kappa shape index (κ1) is 34.2. The lowest BCUT2D eigenvalue weighted by atomic mass is 10.0. The summed E-state index contributed by atoms with van der Waals surface area (Å²) in [7, 11) is 0. The van der Waals surface area contributed by atoms with Gasteiger partial charge in [-0.2, -0.15) is 11.8 Å². The number of carboxylic acid groups (broad SMARTS) is 2. The van der Waals surface area contributed by atoms with Crippen molar-refractivity contribution in [2.75, 3.05) is 18.6 Å². The number of rotatable bonds is 19. The van der Waals surface area contributed by atoms with Crippen molar-refractivity contribution in [3.8, 4) is 0 Å². The third kappa shape index (κ3) is 13.8. The molecule has 222 valence electrons. The Kier molecular flexibility index (Phi) is 15.8. The highest BCUT2D eigenvalue weighted by Crippen LogP contribution is 2.08. The standard InChI is InChI=1S/C25H39N7O7S/c1-40-13-11-16(26)21(35)30-17(9-10-20(33)34)22(36)32-19(14-15-6-3-2-4-7-15)23(37)31-18(24(38)39)8-5-12-29-25(27)28/h2-4,6-7,16-19H,5,8-14,26H2,1H3,(H,30,35)(H,31,37)(H,32,36)(H,33,34)(H,38,39)(H4,27,28,29). The Labute approximate surface area is 236 Å². The lowest BCUT2D eigenvalue weighted by Gasteiger charge is -2.25. The van der Waals surface area contributed by atoms with E-state index in [4.69, 9.17) is 22.3 Å². The zero-order chi connectivity index (χ0) is 30.1. The molecular weight excluding hydrogens is 542 g/mol.